The van der Waals surface area contributed by atoms with Crippen LogP contribution >= 0.6 is 0 Å². The van der Waals surface area contributed by atoms with Crippen LogP contribution in [0.25, 0.3) is 0 Å². The number of hydrogen-bond donors (Lipinski definition) is 0. The number of aromatic nitrogens is 2. The van der Waals surface area contributed by atoms with Crippen molar-refractivity contribution in [3.05, 3.63) is 90.7 Å². The van der Waals surface area contributed by atoms with Crippen molar-refractivity contribution in [3.63, 3.8) is 0 Å². The van der Waals surface area contributed by atoms with Gasteiger partial charge in [0.15, 0.2) is 0 Å². The van der Waals surface area contributed by atoms with Crippen LogP contribution in [0.1, 0.15) is 16.8 Å². The summed E-state index contributed by atoms with van der Waals surface area (Å²) in [5.41, 5.74) is 2.88. The lowest BCUT2D eigenvalue weighted by Crippen LogP contribution is -2.06. The molecule has 121 valence electrons. The number of nitrogens with zero attached hydrogens (tertiary/aromatic N) is 2. The van der Waals surface area contributed by atoms with Crippen molar-refractivity contribution in [1.82, 2.24) is 9.97 Å². The summed E-state index contributed by atoms with van der Waals surface area (Å²) in [5, 5.41) is 0. The van der Waals surface area contributed by atoms with Crippen LogP contribution in [0.15, 0.2) is 67.0 Å². The van der Waals surface area contributed by atoms with Crippen molar-refractivity contribution in [1.29, 1.82) is 0 Å². The minimum Gasteiger partial charge on any atom is -0.482 e. The van der Waals surface area contributed by atoms with E-state index >= 15 is 0 Å². The first-order valence-electron chi connectivity index (χ1n) is 7.83. The van der Waals surface area contributed by atoms with E-state index < -0.39 is 0 Å². The zero-order chi connectivity index (χ0) is 16.6. The van der Waals surface area contributed by atoms with E-state index in [9.17, 15) is 0 Å². The molecule has 0 amide bonds. The summed E-state index contributed by atoms with van der Waals surface area (Å²) in [6, 6.07) is 19.9. The summed E-state index contributed by atoms with van der Waals surface area (Å²) in [4.78, 5) is 8.48. The van der Waals surface area contributed by atoms with Gasteiger partial charge in [0.25, 0.3) is 5.88 Å². The van der Waals surface area contributed by atoms with Crippen molar-refractivity contribution >= 4 is 0 Å². The molecule has 0 spiro atoms. The highest BCUT2D eigenvalue weighted by Crippen LogP contribution is 2.29. The van der Waals surface area contributed by atoms with Gasteiger partial charge in [0.2, 0.25) is 5.75 Å². The third-order valence-corrected chi connectivity index (χ3v) is 3.53. The zero-order valence-corrected chi connectivity index (χ0v) is 13.4. The molecular weight excluding hydrogens is 300 g/mol. The molecule has 1 heterocycles. The van der Waals surface area contributed by atoms with Gasteiger partial charge in [0.1, 0.15) is 19.5 Å². The number of hydrogen-bond acceptors (Lipinski definition) is 4. The van der Waals surface area contributed by atoms with Gasteiger partial charge in [-0.3, -0.25) is 0 Å². The molecule has 0 aliphatic carbocycles. The second-order valence-electron chi connectivity index (χ2n) is 5.25. The van der Waals surface area contributed by atoms with Crippen LogP contribution in [-0.2, 0) is 19.6 Å². The maximum absolute atomic E-state index is 5.94. The average molecular weight is 319 g/mol. The van der Waals surface area contributed by atoms with Crippen molar-refractivity contribution < 1.29 is 9.47 Å². The molecule has 24 heavy (non-hydrogen) atoms. The predicted molar refractivity (Wildman–Crippen MR) is 92.6 cm³/mol. The maximum Gasteiger partial charge on any atom is 0.260 e. The molecule has 4 heteroatoms. The molecule has 0 saturated heterocycles. The first kappa shape index (κ1) is 16.0. The van der Waals surface area contributed by atoms with Gasteiger partial charge < -0.3 is 9.47 Å². The van der Waals surface area contributed by atoms with E-state index in [0.717, 1.165) is 16.8 Å². The monoisotopic (exact) mass is 319 g/mol. The molecule has 4 nitrogen and oxygen atoms in total. The first-order valence-corrected chi connectivity index (χ1v) is 7.83. The third-order valence-electron chi connectivity index (χ3n) is 3.53. The summed E-state index contributed by atoms with van der Waals surface area (Å²) < 4.78 is 11.8. The Bertz CT molecular complexity index is 761. The van der Waals surface area contributed by atoms with Crippen molar-refractivity contribution in [3.8, 4) is 11.6 Å². The molecule has 3 rings (SSSR count). The van der Waals surface area contributed by atoms with E-state index in [1.54, 1.807) is 0 Å². The van der Waals surface area contributed by atoms with E-state index in [1.165, 1.54) is 6.33 Å². The van der Waals surface area contributed by atoms with Gasteiger partial charge in [-0.2, -0.15) is 4.98 Å². The summed E-state index contributed by atoms with van der Waals surface area (Å²) in [7, 11) is 0. The highest BCUT2D eigenvalue weighted by molar-refractivity contribution is 5.38. The molecule has 2 aromatic carbocycles. The Kier molecular flexibility index (Phi) is 5.40. The zero-order valence-electron chi connectivity index (χ0n) is 13.4. The average Bonchev–Trinajstić information content (AvgIpc) is 2.66. The molecule has 0 N–H and O–H groups in total. The molecule has 0 unspecified atom stereocenters. The molecule has 3 aromatic rings. The Morgan fingerprint density at radius 3 is 1.92 bits per heavy atom. The van der Waals surface area contributed by atoms with Crippen LogP contribution in [0, 0.1) is 6.92 Å². The van der Waals surface area contributed by atoms with Crippen LogP contribution < -0.4 is 9.47 Å². The van der Waals surface area contributed by atoms with Gasteiger partial charge in [-0.25, -0.2) is 4.98 Å². The lowest BCUT2D eigenvalue weighted by atomic mass is 10.2. The molecule has 0 atom stereocenters. The normalized spacial score (nSPS) is 10.4. The van der Waals surface area contributed by atoms with E-state index in [-0.39, 0.29) is 0 Å². The Labute approximate surface area is 142 Å². The Balaban J connectivity index is 1.75. The second-order valence-corrected chi connectivity index (χ2v) is 5.25. The standard InChI is InChI=1S/C20H19N2O2/c1-2-18-19(23-13-16-9-5-3-6-10-16)20(22-15-21-18)24-14-17-11-7-4-8-12-17/h3-12,15H,1-2,13-14H2. The fourth-order valence-electron chi connectivity index (χ4n) is 2.27. The van der Waals surface area contributed by atoms with Gasteiger partial charge >= 0.3 is 0 Å². The highest BCUT2D eigenvalue weighted by Gasteiger charge is 2.14. The number of benzene rings is 2. The minimum absolute atomic E-state index is 0.427. The smallest absolute Gasteiger partial charge is 0.260 e. The largest absolute Gasteiger partial charge is 0.482 e. The summed E-state index contributed by atoms with van der Waals surface area (Å²) in [5.74, 6) is 1.01. The Hall–Kier alpha value is -2.88. The lowest BCUT2D eigenvalue weighted by Gasteiger charge is -2.14. The first-order chi connectivity index (χ1) is 11.9. The van der Waals surface area contributed by atoms with Gasteiger partial charge in [0, 0.05) is 0 Å². The van der Waals surface area contributed by atoms with E-state index in [4.69, 9.17) is 9.47 Å². The molecular formula is C20H19N2O2. The van der Waals surface area contributed by atoms with Crippen molar-refractivity contribution in [2.24, 2.45) is 0 Å². The third kappa shape index (κ3) is 4.10. The predicted octanol–water partition coefficient (Wildman–Crippen LogP) is 4.01. The molecule has 0 saturated carbocycles. The Morgan fingerprint density at radius 1 is 0.750 bits per heavy atom. The molecule has 0 aliphatic heterocycles. The number of rotatable bonds is 7. The minimum atomic E-state index is 0.427. The van der Waals surface area contributed by atoms with Gasteiger partial charge in [-0.1, -0.05) is 60.7 Å². The number of ether oxygens (including phenoxy) is 2. The highest BCUT2D eigenvalue weighted by atomic mass is 16.5. The van der Waals surface area contributed by atoms with Crippen LogP contribution in [0.5, 0.6) is 11.6 Å². The van der Waals surface area contributed by atoms with Crippen LogP contribution in [0.2, 0.25) is 0 Å². The topological polar surface area (TPSA) is 44.2 Å². The van der Waals surface area contributed by atoms with Gasteiger partial charge in [0.05, 0.1) is 5.69 Å². The molecule has 0 fully saturated rings. The second kappa shape index (κ2) is 8.11. The SMILES string of the molecule is [CH2]Cc1ncnc(OCc2ccccc2)c1OCc1ccccc1. The summed E-state index contributed by atoms with van der Waals surface area (Å²) >= 11 is 0. The Morgan fingerprint density at radius 2 is 1.33 bits per heavy atom. The maximum atomic E-state index is 5.94. The van der Waals surface area contributed by atoms with Gasteiger partial charge in [-0.15, -0.1) is 0 Å². The lowest BCUT2D eigenvalue weighted by molar-refractivity contribution is 0.243. The quantitative estimate of drug-likeness (QED) is 0.660. The summed E-state index contributed by atoms with van der Waals surface area (Å²) in [6.07, 6.45) is 1.99. The van der Waals surface area contributed by atoms with E-state index in [0.29, 0.717) is 31.3 Å². The molecule has 0 bridgehead atoms. The molecule has 1 radical (unpaired) electrons. The van der Waals surface area contributed by atoms with Crippen LogP contribution in [-0.4, -0.2) is 9.97 Å². The van der Waals surface area contributed by atoms with E-state index in [1.807, 2.05) is 60.7 Å². The van der Waals surface area contributed by atoms with Gasteiger partial charge in [-0.05, 0) is 24.5 Å². The van der Waals surface area contributed by atoms with Crippen molar-refractivity contribution in [2.75, 3.05) is 0 Å². The summed E-state index contributed by atoms with van der Waals surface area (Å²) in [6.45, 7) is 4.77. The van der Waals surface area contributed by atoms with Crippen molar-refractivity contribution in [2.45, 2.75) is 19.6 Å². The fraction of sp³-hybridized carbons (Fsp3) is 0.150. The van der Waals surface area contributed by atoms with Crippen LogP contribution in [0.3, 0.4) is 0 Å². The van der Waals surface area contributed by atoms with E-state index in [2.05, 4.69) is 16.9 Å². The molecule has 0 aliphatic rings. The molecule has 1 aromatic heterocycles. The van der Waals surface area contributed by atoms with Crippen LogP contribution in [0.4, 0.5) is 0 Å². The fourth-order valence-corrected chi connectivity index (χ4v) is 2.27.